The molecule has 5 nitrogen and oxygen atoms in total. The third kappa shape index (κ3) is 7.32. The number of hydrogen-bond acceptors (Lipinski definition) is 4. The van der Waals surface area contributed by atoms with E-state index in [1.807, 2.05) is 96.9 Å². The van der Waals surface area contributed by atoms with Crippen LogP contribution in [0.4, 0.5) is 0 Å². The Labute approximate surface area is 194 Å². The van der Waals surface area contributed by atoms with Crippen molar-refractivity contribution < 1.29 is 14.3 Å². The zero-order chi connectivity index (χ0) is 22.8. The van der Waals surface area contributed by atoms with Crippen molar-refractivity contribution in [2.24, 2.45) is 0 Å². The number of nitrogens with zero attached hydrogens (tertiary/aromatic N) is 2. The van der Waals surface area contributed by atoms with Crippen molar-refractivity contribution in [3.8, 4) is 0 Å². The van der Waals surface area contributed by atoms with Crippen molar-refractivity contribution in [3.05, 3.63) is 94.2 Å². The van der Waals surface area contributed by atoms with Crippen LogP contribution in [0.25, 0.3) is 0 Å². The lowest BCUT2D eigenvalue weighted by Crippen LogP contribution is -2.46. The normalized spacial score (nSPS) is 10.8. The molecule has 0 N–H and O–H groups in total. The minimum absolute atomic E-state index is 0.0312. The van der Waals surface area contributed by atoms with Crippen molar-refractivity contribution in [1.82, 2.24) is 9.80 Å². The first-order valence-corrected chi connectivity index (χ1v) is 11.7. The van der Waals surface area contributed by atoms with Gasteiger partial charge in [0.05, 0.1) is 13.2 Å². The maximum Gasteiger partial charge on any atom is 0.249 e. The number of thiophene rings is 1. The number of carbonyl (C=O) groups excluding carboxylic acids is 2. The molecule has 168 valence electrons. The Bertz CT molecular complexity index is 959. The first-order chi connectivity index (χ1) is 15.5. The van der Waals surface area contributed by atoms with Crippen LogP contribution >= 0.6 is 11.3 Å². The molecule has 0 radical (unpaired) electrons. The molecule has 0 atom stereocenters. The van der Waals surface area contributed by atoms with E-state index in [0.29, 0.717) is 19.7 Å². The molecule has 0 aliphatic rings. The number of hydrogen-bond donors (Lipinski definition) is 0. The van der Waals surface area contributed by atoms with Crippen LogP contribution < -0.4 is 0 Å². The Hall–Kier alpha value is -2.96. The third-order valence-corrected chi connectivity index (χ3v) is 5.94. The van der Waals surface area contributed by atoms with Crippen LogP contribution in [0.3, 0.4) is 0 Å². The fourth-order valence-electron chi connectivity index (χ4n) is 3.34. The molecule has 0 saturated heterocycles. The second-order valence-electron chi connectivity index (χ2n) is 7.91. The van der Waals surface area contributed by atoms with E-state index in [2.05, 4.69) is 0 Å². The first-order valence-electron chi connectivity index (χ1n) is 10.8. The van der Waals surface area contributed by atoms with Gasteiger partial charge in [0.25, 0.3) is 0 Å². The number of benzene rings is 2. The molecule has 3 aromatic rings. The molecule has 3 rings (SSSR count). The SMILES string of the molecule is CC(C)N(CC(=O)N(Cc1ccccc1)Cc1cccs1)C(=O)COCc1ccccc1. The number of carbonyl (C=O) groups is 2. The van der Waals surface area contributed by atoms with Gasteiger partial charge in [-0.25, -0.2) is 0 Å². The second kappa shape index (κ2) is 12.2. The quantitative estimate of drug-likeness (QED) is 0.424. The summed E-state index contributed by atoms with van der Waals surface area (Å²) in [6.45, 7) is 5.21. The van der Waals surface area contributed by atoms with E-state index in [-0.39, 0.29) is 31.0 Å². The summed E-state index contributed by atoms with van der Waals surface area (Å²) in [5, 5.41) is 2.01. The van der Waals surface area contributed by atoms with E-state index < -0.39 is 0 Å². The van der Waals surface area contributed by atoms with E-state index in [1.165, 1.54) is 0 Å². The van der Waals surface area contributed by atoms with Gasteiger partial charge in [0.15, 0.2) is 0 Å². The summed E-state index contributed by atoms with van der Waals surface area (Å²) in [5.41, 5.74) is 2.07. The molecule has 2 aromatic carbocycles. The van der Waals surface area contributed by atoms with Crippen molar-refractivity contribution in [2.45, 2.75) is 39.6 Å². The fraction of sp³-hybridized carbons (Fsp3) is 0.308. The molecular formula is C26H30N2O3S. The first kappa shape index (κ1) is 23.7. The summed E-state index contributed by atoms with van der Waals surface area (Å²) < 4.78 is 5.62. The maximum absolute atomic E-state index is 13.3. The van der Waals surface area contributed by atoms with Gasteiger partial charge in [-0.2, -0.15) is 0 Å². The lowest BCUT2D eigenvalue weighted by atomic mass is 10.2. The van der Waals surface area contributed by atoms with E-state index in [1.54, 1.807) is 16.2 Å². The molecule has 0 aliphatic carbocycles. The van der Waals surface area contributed by atoms with E-state index in [0.717, 1.165) is 16.0 Å². The molecule has 2 amide bonds. The summed E-state index contributed by atoms with van der Waals surface area (Å²) in [6.07, 6.45) is 0. The van der Waals surface area contributed by atoms with Gasteiger partial charge in [-0.3, -0.25) is 9.59 Å². The standard InChI is InChI=1S/C26H30N2O3S/c1-21(2)28(26(30)20-31-19-23-12-7-4-8-13-23)18-25(29)27(17-24-14-9-15-32-24)16-22-10-5-3-6-11-22/h3-15,21H,16-20H2,1-2H3. The van der Waals surface area contributed by atoms with Gasteiger partial charge in [-0.05, 0) is 36.4 Å². The Balaban J connectivity index is 1.63. The van der Waals surface area contributed by atoms with Crippen molar-refractivity contribution >= 4 is 23.2 Å². The minimum Gasteiger partial charge on any atom is -0.367 e. The number of ether oxygens (including phenoxy) is 1. The topological polar surface area (TPSA) is 49.9 Å². The molecule has 0 bridgehead atoms. The molecule has 0 fully saturated rings. The predicted octanol–water partition coefficient (Wildman–Crippen LogP) is 4.73. The van der Waals surface area contributed by atoms with Gasteiger partial charge in [-0.15, -0.1) is 11.3 Å². The highest BCUT2D eigenvalue weighted by Crippen LogP contribution is 2.16. The highest BCUT2D eigenvalue weighted by atomic mass is 32.1. The third-order valence-electron chi connectivity index (χ3n) is 5.08. The van der Waals surface area contributed by atoms with E-state index >= 15 is 0 Å². The highest BCUT2D eigenvalue weighted by molar-refractivity contribution is 7.09. The van der Waals surface area contributed by atoms with Gasteiger partial charge in [0, 0.05) is 17.5 Å². The molecule has 0 saturated carbocycles. The van der Waals surface area contributed by atoms with Crippen LogP contribution in [0.1, 0.15) is 29.9 Å². The summed E-state index contributed by atoms with van der Waals surface area (Å²) in [7, 11) is 0. The van der Waals surface area contributed by atoms with Crippen LogP contribution in [0.5, 0.6) is 0 Å². The van der Waals surface area contributed by atoms with Gasteiger partial charge in [0.1, 0.15) is 13.2 Å². The van der Waals surface area contributed by atoms with Crippen LogP contribution in [0.2, 0.25) is 0 Å². The Morgan fingerprint density at radius 3 is 2.09 bits per heavy atom. The molecule has 0 spiro atoms. The second-order valence-corrected chi connectivity index (χ2v) is 8.94. The van der Waals surface area contributed by atoms with Crippen LogP contribution in [-0.2, 0) is 34.0 Å². The minimum atomic E-state index is -0.180. The van der Waals surface area contributed by atoms with Gasteiger partial charge in [0.2, 0.25) is 11.8 Å². The summed E-state index contributed by atoms with van der Waals surface area (Å²) >= 11 is 1.63. The molecule has 32 heavy (non-hydrogen) atoms. The monoisotopic (exact) mass is 450 g/mol. The number of rotatable bonds is 11. The van der Waals surface area contributed by atoms with Gasteiger partial charge >= 0.3 is 0 Å². The summed E-state index contributed by atoms with van der Waals surface area (Å²) in [4.78, 5) is 30.6. The maximum atomic E-state index is 13.3. The van der Waals surface area contributed by atoms with Crippen molar-refractivity contribution in [3.63, 3.8) is 0 Å². The largest absolute Gasteiger partial charge is 0.367 e. The molecule has 0 aliphatic heterocycles. The highest BCUT2D eigenvalue weighted by Gasteiger charge is 2.24. The zero-order valence-electron chi connectivity index (χ0n) is 18.6. The van der Waals surface area contributed by atoms with Crippen molar-refractivity contribution in [2.75, 3.05) is 13.2 Å². The Morgan fingerprint density at radius 2 is 1.50 bits per heavy atom. The lowest BCUT2D eigenvalue weighted by Gasteiger charge is -2.30. The Kier molecular flexibility index (Phi) is 9.01. The van der Waals surface area contributed by atoms with E-state index in [4.69, 9.17) is 4.74 Å². The molecule has 0 unspecified atom stereocenters. The van der Waals surface area contributed by atoms with Gasteiger partial charge < -0.3 is 14.5 Å². The smallest absolute Gasteiger partial charge is 0.249 e. The molecule has 1 heterocycles. The average Bonchev–Trinajstić information content (AvgIpc) is 3.31. The summed E-state index contributed by atoms with van der Waals surface area (Å²) in [6, 6.07) is 23.6. The predicted molar refractivity (Wildman–Crippen MR) is 128 cm³/mol. The van der Waals surface area contributed by atoms with Crippen molar-refractivity contribution in [1.29, 1.82) is 0 Å². The fourth-order valence-corrected chi connectivity index (χ4v) is 4.06. The molecular weight excluding hydrogens is 420 g/mol. The molecule has 6 heteroatoms. The van der Waals surface area contributed by atoms with Gasteiger partial charge in [-0.1, -0.05) is 66.7 Å². The average molecular weight is 451 g/mol. The number of amides is 2. The zero-order valence-corrected chi connectivity index (χ0v) is 19.5. The van der Waals surface area contributed by atoms with Crippen LogP contribution in [-0.4, -0.2) is 40.8 Å². The van der Waals surface area contributed by atoms with E-state index in [9.17, 15) is 9.59 Å². The molecule has 1 aromatic heterocycles. The van der Waals surface area contributed by atoms with Crippen LogP contribution in [0.15, 0.2) is 78.2 Å². The lowest BCUT2D eigenvalue weighted by molar-refractivity contribution is -0.145. The summed E-state index contributed by atoms with van der Waals surface area (Å²) in [5.74, 6) is -0.257. The van der Waals surface area contributed by atoms with Crippen LogP contribution in [0, 0.1) is 0 Å². The Morgan fingerprint density at radius 1 is 0.844 bits per heavy atom.